The van der Waals surface area contributed by atoms with Crippen LogP contribution in [0.1, 0.15) is 101 Å². The van der Waals surface area contributed by atoms with Gasteiger partial charge in [0.1, 0.15) is 17.3 Å². The van der Waals surface area contributed by atoms with Crippen LogP contribution in [0, 0.1) is 12.8 Å². The van der Waals surface area contributed by atoms with Crippen LogP contribution in [-0.4, -0.2) is 74.6 Å². The molecule has 2 aliphatic heterocycles. The Labute approximate surface area is 321 Å². The SMILES string of the molecule is Cc1csc([C@H]2CCCN2C(=O)c2cc(CF)cc(C(=O)C[C@@H](Cc3ccccc3)[C@H](O)[C@H]3C[C@@H](OCc4ccccc4)CN3C(=O)OC(C)(C)C)c2)n1. The van der Waals surface area contributed by atoms with Gasteiger partial charge in [-0.2, -0.15) is 0 Å². The topological polar surface area (TPSA) is 109 Å². The Morgan fingerprint density at radius 1 is 0.963 bits per heavy atom. The number of rotatable bonds is 13. The van der Waals surface area contributed by atoms with Gasteiger partial charge in [0.2, 0.25) is 0 Å². The number of aromatic nitrogens is 1. The summed E-state index contributed by atoms with van der Waals surface area (Å²) in [5.74, 6) is -1.23. The number of halogens is 1. The molecule has 0 aliphatic carbocycles. The molecule has 54 heavy (non-hydrogen) atoms. The van der Waals surface area contributed by atoms with E-state index in [1.165, 1.54) is 28.4 Å². The lowest BCUT2D eigenvalue weighted by Gasteiger charge is -2.34. The lowest BCUT2D eigenvalue weighted by atomic mass is 9.83. The molecule has 3 heterocycles. The first-order valence-electron chi connectivity index (χ1n) is 18.7. The van der Waals surface area contributed by atoms with Crippen LogP contribution in [0.5, 0.6) is 0 Å². The van der Waals surface area contributed by atoms with Crippen LogP contribution >= 0.6 is 11.3 Å². The number of alkyl halides is 1. The minimum absolute atomic E-state index is 0.0988. The number of carbonyl (C=O) groups excluding carboxylic acids is 3. The van der Waals surface area contributed by atoms with E-state index in [-0.39, 0.29) is 53.5 Å². The zero-order valence-electron chi connectivity index (χ0n) is 31.4. The summed E-state index contributed by atoms with van der Waals surface area (Å²) in [6.07, 6.45) is 0.131. The number of aliphatic hydroxyl groups excluding tert-OH is 1. The van der Waals surface area contributed by atoms with E-state index in [4.69, 9.17) is 9.47 Å². The number of ketones is 1. The highest BCUT2D eigenvalue weighted by Gasteiger charge is 2.44. The average molecular weight is 756 g/mol. The number of thiazole rings is 1. The standard InChI is InChI=1S/C43H50FN3O6S/c1-28-27-54-40(45-28)36-16-11-17-46(36)41(50)34-20-31(24-44)19-32(21-34)38(48)22-33(18-29-12-7-5-8-13-29)39(49)37-23-35(52-26-30-14-9-6-10-15-30)25-47(37)42(51)53-43(2,3)4/h5-10,12-15,19-21,27,33,35-37,39,49H,11,16-18,22-26H2,1-4H3/t33-,35-,36-,37-,39+/m1/s1. The first kappa shape index (κ1) is 39.2. The Morgan fingerprint density at radius 2 is 1.65 bits per heavy atom. The van der Waals surface area contributed by atoms with E-state index >= 15 is 0 Å². The third-order valence-corrected chi connectivity index (χ3v) is 11.1. The molecule has 2 amide bonds. The molecule has 11 heteroatoms. The summed E-state index contributed by atoms with van der Waals surface area (Å²) in [6.45, 7) is 7.56. The number of amides is 2. The largest absolute Gasteiger partial charge is 0.444 e. The number of ether oxygens (including phenoxy) is 2. The van der Waals surface area contributed by atoms with Crippen molar-refractivity contribution < 1.29 is 33.4 Å². The van der Waals surface area contributed by atoms with Crippen LogP contribution in [0.2, 0.25) is 0 Å². The highest BCUT2D eigenvalue weighted by atomic mass is 32.1. The van der Waals surface area contributed by atoms with Crippen LogP contribution < -0.4 is 0 Å². The maximum Gasteiger partial charge on any atom is 0.410 e. The molecule has 0 saturated carbocycles. The van der Waals surface area contributed by atoms with Gasteiger partial charge < -0.3 is 19.5 Å². The molecule has 0 spiro atoms. The first-order chi connectivity index (χ1) is 25.9. The van der Waals surface area contributed by atoms with E-state index in [0.717, 1.165) is 34.7 Å². The highest BCUT2D eigenvalue weighted by Crippen LogP contribution is 2.36. The monoisotopic (exact) mass is 755 g/mol. The zero-order chi connectivity index (χ0) is 38.4. The van der Waals surface area contributed by atoms with E-state index in [2.05, 4.69) is 4.98 Å². The number of carbonyl (C=O) groups is 3. The summed E-state index contributed by atoms with van der Waals surface area (Å²) in [5.41, 5.74) is 2.73. The number of benzene rings is 3. The molecule has 1 aromatic heterocycles. The molecule has 6 rings (SSSR count). The smallest absolute Gasteiger partial charge is 0.410 e. The number of hydrogen-bond donors (Lipinski definition) is 1. The molecule has 3 aromatic carbocycles. The van der Waals surface area contributed by atoms with Crippen molar-refractivity contribution in [3.05, 3.63) is 123 Å². The van der Waals surface area contributed by atoms with Crippen molar-refractivity contribution in [1.82, 2.24) is 14.8 Å². The van der Waals surface area contributed by atoms with Crippen molar-refractivity contribution >= 4 is 29.1 Å². The molecule has 5 atom stereocenters. The van der Waals surface area contributed by atoms with Crippen molar-refractivity contribution in [1.29, 1.82) is 0 Å². The van der Waals surface area contributed by atoms with E-state index in [1.54, 1.807) is 31.7 Å². The predicted octanol–water partition coefficient (Wildman–Crippen LogP) is 8.29. The Morgan fingerprint density at radius 3 is 2.30 bits per heavy atom. The summed E-state index contributed by atoms with van der Waals surface area (Å²) in [5, 5.41) is 15.1. The maximum atomic E-state index is 14.3. The molecule has 0 unspecified atom stereocenters. The third kappa shape index (κ3) is 9.80. The van der Waals surface area contributed by atoms with Crippen LogP contribution in [-0.2, 0) is 29.2 Å². The van der Waals surface area contributed by atoms with Crippen molar-refractivity contribution in [2.24, 2.45) is 5.92 Å². The van der Waals surface area contributed by atoms with Gasteiger partial charge in [0.05, 0.1) is 37.4 Å². The molecule has 2 aliphatic rings. The Balaban J connectivity index is 1.26. The fourth-order valence-corrected chi connectivity index (χ4v) is 8.44. The second kappa shape index (κ2) is 17.3. The first-order valence-corrected chi connectivity index (χ1v) is 19.6. The fourth-order valence-electron chi connectivity index (χ4n) is 7.50. The Bertz CT molecular complexity index is 1900. The van der Waals surface area contributed by atoms with Crippen LogP contribution in [0.25, 0.3) is 0 Å². The van der Waals surface area contributed by atoms with Gasteiger partial charge >= 0.3 is 6.09 Å². The Hall–Kier alpha value is -4.45. The van der Waals surface area contributed by atoms with E-state index in [9.17, 15) is 23.9 Å². The van der Waals surface area contributed by atoms with Crippen molar-refractivity contribution in [2.75, 3.05) is 13.1 Å². The van der Waals surface area contributed by atoms with E-state index in [1.807, 2.05) is 73.0 Å². The van der Waals surface area contributed by atoms with Gasteiger partial charge in [-0.3, -0.25) is 14.5 Å². The van der Waals surface area contributed by atoms with Crippen molar-refractivity contribution in [2.45, 2.75) is 103 Å². The second-order valence-electron chi connectivity index (χ2n) is 15.5. The van der Waals surface area contributed by atoms with Gasteiger partial charge in [-0.05, 0) is 94.2 Å². The molecule has 0 bridgehead atoms. The lowest BCUT2D eigenvalue weighted by Crippen LogP contribution is -2.48. The summed E-state index contributed by atoms with van der Waals surface area (Å²) >= 11 is 1.52. The minimum atomic E-state index is -1.13. The van der Waals surface area contributed by atoms with E-state index in [0.29, 0.717) is 26.0 Å². The fraction of sp³-hybridized carbons (Fsp3) is 0.442. The number of aryl methyl sites for hydroxylation is 1. The van der Waals surface area contributed by atoms with Gasteiger partial charge in [-0.15, -0.1) is 11.3 Å². The van der Waals surface area contributed by atoms with E-state index < -0.39 is 36.4 Å². The normalized spacial score (nSPS) is 19.9. The minimum Gasteiger partial charge on any atom is -0.444 e. The summed E-state index contributed by atoms with van der Waals surface area (Å²) in [4.78, 5) is 49.8. The van der Waals surface area contributed by atoms with Crippen LogP contribution in [0.4, 0.5) is 9.18 Å². The zero-order valence-corrected chi connectivity index (χ0v) is 32.3. The van der Waals surface area contributed by atoms with Crippen LogP contribution in [0.15, 0.2) is 84.2 Å². The quantitative estimate of drug-likeness (QED) is 0.137. The van der Waals surface area contributed by atoms with Gasteiger partial charge in [0.25, 0.3) is 5.91 Å². The van der Waals surface area contributed by atoms with Gasteiger partial charge in [0.15, 0.2) is 5.78 Å². The molecule has 1 N–H and O–H groups in total. The van der Waals surface area contributed by atoms with Crippen LogP contribution in [0.3, 0.4) is 0 Å². The number of hydrogen-bond acceptors (Lipinski definition) is 8. The van der Waals surface area contributed by atoms with Crippen molar-refractivity contribution in [3.63, 3.8) is 0 Å². The Kier molecular flexibility index (Phi) is 12.6. The maximum absolute atomic E-state index is 14.3. The average Bonchev–Trinajstić information content (AvgIpc) is 3.93. The lowest BCUT2D eigenvalue weighted by molar-refractivity contribution is -0.00837. The third-order valence-electron chi connectivity index (χ3n) is 10.1. The summed E-state index contributed by atoms with van der Waals surface area (Å²) in [6, 6.07) is 23.0. The van der Waals surface area contributed by atoms with Gasteiger partial charge in [0, 0.05) is 35.2 Å². The number of Topliss-reactive ketones (excluding diaryl/α,β-unsaturated/α-hetero) is 1. The summed E-state index contributed by atoms with van der Waals surface area (Å²) in [7, 11) is 0. The van der Waals surface area contributed by atoms with Gasteiger partial charge in [-0.1, -0.05) is 60.7 Å². The predicted molar refractivity (Wildman–Crippen MR) is 206 cm³/mol. The van der Waals surface area contributed by atoms with Crippen molar-refractivity contribution in [3.8, 4) is 0 Å². The second-order valence-corrected chi connectivity index (χ2v) is 16.3. The van der Waals surface area contributed by atoms with Gasteiger partial charge in [-0.25, -0.2) is 14.2 Å². The number of nitrogens with zero attached hydrogens (tertiary/aromatic N) is 3. The molecule has 0 radical (unpaired) electrons. The molecule has 2 fully saturated rings. The number of likely N-dealkylation sites (tertiary alicyclic amines) is 2. The highest BCUT2D eigenvalue weighted by molar-refractivity contribution is 7.09. The molecule has 2 saturated heterocycles. The molecule has 9 nitrogen and oxygen atoms in total. The molecule has 286 valence electrons. The number of aliphatic hydroxyl groups is 1. The molecule has 4 aromatic rings. The summed E-state index contributed by atoms with van der Waals surface area (Å²) < 4.78 is 26.4. The molecular formula is C43H50FN3O6S. The molecular weight excluding hydrogens is 706 g/mol.